The minimum Gasteiger partial charge on any atom is -0.399 e. The van der Waals surface area contributed by atoms with Crippen LogP contribution < -0.4 is 5.46 Å². The molecule has 5 heteroatoms. The van der Waals surface area contributed by atoms with E-state index in [0.717, 1.165) is 22.9 Å². The van der Waals surface area contributed by atoms with Crippen molar-refractivity contribution in [1.82, 2.24) is 4.98 Å². The fourth-order valence-corrected chi connectivity index (χ4v) is 2.57. The van der Waals surface area contributed by atoms with Crippen molar-refractivity contribution in [2.45, 2.75) is 38.9 Å². The van der Waals surface area contributed by atoms with Crippen molar-refractivity contribution in [2.24, 2.45) is 0 Å². The van der Waals surface area contributed by atoms with E-state index in [1.807, 2.05) is 58.0 Å². The summed E-state index contributed by atoms with van der Waals surface area (Å²) in [7, 11) is -0.539. The number of carbonyl (C=O) groups excluding carboxylic acids is 1. The van der Waals surface area contributed by atoms with Crippen molar-refractivity contribution in [3.8, 4) is 11.1 Å². The van der Waals surface area contributed by atoms with Gasteiger partial charge in [-0.1, -0.05) is 18.2 Å². The van der Waals surface area contributed by atoms with Crippen molar-refractivity contribution in [3.63, 3.8) is 0 Å². The molecule has 0 saturated carbocycles. The van der Waals surface area contributed by atoms with Crippen LogP contribution in [0.3, 0.4) is 0 Å². The van der Waals surface area contributed by atoms with Gasteiger partial charge in [0, 0.05) is 23.5 Å². The quantitative estimate of drug-likeness (QED) is 0.646. The average molecular weight is 309 g/mol. The Kier molecular flexibility index (Phi) is 3.86. The average Bonchev–Trinajstić information content (AvgIpc) is 2.75. The zero-order valence-corrected chi connectivity index (χ0v) is 13.9. The normalized spacial score (nSPS) is 18.9. The summed E-state index contributed by atoms with van der Waals surface area (Å²) in [6.45, 7) is 7.99. The molecule has 1 aliphatic heterocycles. The minimum atomic E-state index is -0.539. The van der Waals surface area contributed by atoms with Gasteiger partial charge in [-0.15, -0.1) is 0 Å². The van der Waals surface area contributed by atoms with E-state index >= 15 is 0 Å². The van der Waals surface area contributed by atoms with Crippen molar-refractivity contribution < 1.29 is 14.1 Å². The highest BCUT2D eigenvalue weighted by Crippen LogP contribution is 2.36. The van der Waals surface area contributed by atoms with Gasteiger partial charge in [0.1, 0.15) is 6.29 Å². The summed E-state index contributed by atoms with van der Waals surface area (Å²) in [5, 5.41) is 0. The fraction of sp³-hybridized carbons (Fsp3) is 0.333. The Bertz CT molecular complexity index is 712. The van der Waals surface area contributed by atoms with Crippen molar-refractivity contribution >= 4 is 18.9 Å². The van der Waals surface area contributed by atoms with Crippen LogP contribution in [0.15, 0.2) is 42.7 Å². The SMILES string of the molecule is CC1(C)OB(c2ccc(-c3cccnc3)cc2C=O)OC1(C)C. The third-order valence-corrected chi connectivity index (χ3v) is 4.72. The molecule has 1 fully saturated rings. The van der Waals surface area contributed by atoms with Gasteiger partial charge in [0.15, 0.2) is 0 Å². The molecule has 2 heterocycles. The second-order valence-electron chi connectivity index (χ2n) is 6.79. The van der Waals surface area contributed by atoms with Crippen LogP contribution in [0, 0.1) is 0 Å². The zero-order valence-electron chi connectivity index (χ0n) is 13.9. The lowest BCUT2D eigenvalue weighted by Gasteiger charge is -2.32. The number of carbonyl (C=O) groups is 1. The molecule has 1 aromatic carbocycles. The van der Waals surface area contributed by atoms with E-state index in [1.54, 1.807) is 12.4 Å². The van der Waals surface area contributed by atoms with E-state index in [4.69, 9.17) is 9.31 Å². The molecule has 1 saturated heterocycles. The highest BCUT2D eigenvalue weighted by atomic mass is 16.7. The highest BCUT2D eigenvalue weighted by molar-refractivity contribution is 6.63. The number of hydrogen-bond donors (Lipinski definition) is 0. The standard InChI is InChI=1S/C18H20BNO3/c1-17(2)18(3,4)23-19(22-17)16-8-7-13(10-15(16)12-21)14-6-5-9-20-11-14/h5-12H,1-4H3. The number of aldehydes is 1. The first-order valence-electron chi connectivity index (χ1n) is 7.69. The Balaban J connectivity index is 1.97. The first kappa shape index (κ1) is 15.9. The van der Waals surface area contributed by atoms with E-state index in [9.17, 15) is 4.79 Å². The number of hydrogen-bond acceptors (Lipinski definition) is 4. The molecule has 2 aromatic rings. The third kappa shape index (κ3) is 2.82. The molecule has 0 unspecified atom stereocenters. The first-order chi connectivity index (χ1) is 10.8. The molecule has 1 aromatic heterocycles. The Labute approximate surface area is 137 Å². The van der Waals surface area contributed by atoms with Gasteiger partial charge in [-0.3, -0.25) is 9.78 Å². The monoisotopic (exact) mass is 309 g/mol. The molecule has 0 amide bonds. The highest BCUT2D eigenvalue weighted by Gasteiger charge is 2.52. The van der Waals surface area contributed by atoms with Crippen LogP contribution >= 0.6 is 0 Å². The molecule has 0 atom stereocenters. The lowest BCUT2D eigenvalue weighted by atomic mass is 9.75. The number of nitrogens with zero attached hydrogens (tertiary/aromatic N) is 1. The Morgan fingerprint density at radius 1 is 1.04 bits per heavy atom. The summed E-state index contributed by atoms with van der Waals surface area (Å²) in [5.41, 5.74) is 2.38. The maximum absolute atomic E-state index is 11.6. The van der Waals surface area contributed by atoms with E-state index in [2.05, 4.69) is 4.98 Å². The summed E-state index contributed by atoms with van der Waals surface area (Å²) in [6, 6.07) is 9.55. The molecule has 1 aliphatic rings. The summed E-state index contributed by atoms with van der Waals surface area (Å²) >= 11 is 0. The first-order valence-corrected chi connectivity index (χ1v) is 7.69. The maximum atomic E-state index is 11.6. The second-order valence-corrected chi connectivity index (χ2v) is 6.79. The van der Waals surface area contributed by atoms with E-state index in [0.29, 0.717) is 5.56 Å². The summed E-state index contributed by atoms with van der Waals surface area (Å²) < 4.78 is 12.1. The minimum absolute atomic E-state index is 0.431. The molecule has 0 spiro atoms. The van der Waals surface area contributed by atoms with E-state index in [1.165, 1.54) is 0 Å². The molecule has 0 N–H and O–H groups in total. The fourth-order valence-electron chi connectivity index (χ4n) is 2.57. The van der Waals surface area contributed by atoms with Crippen LogP contribution in [-0.4, -0.2) is 29.6 Å². The Hall–Kier alpha value is -1.98. The van der Waals surface area contributed by atoms with Crippen molar-refractivity contribution in [3.05, 3.63) is 48.3 Å². The Morgan fingerprint density at radius 2 is 1.74 bits per heavy atom. The largest absolute Gasteiger partial charge is 0.495 e. The number of pyridine rings is 1. The van der Waals surface area contributed by atoms with Gasteiger partial charge in [0.05, 0.1) is 11.2 Å². The topological polar surface area (TPSA) is 48.4 Å². The molecule has 3 rings (SSSR count). The molecule has 0 aliphatic carbocycles. The van der Waals surface area contributed by atoms with Crippen LogP contribution in [0.2, 0.25) is 0 Å². The van der Waals surface area contributed by atoms with Gasteiger partial charge in [-0.05, 0) is 50.9 Å². The van der Waals surface area contributed by atoms with Crippen LogP contribution in [0.4, 0.5) is 0 Å². The molecule has 118 valence electrons. The Morgan fingerprint density at radius 3 is 2.30 bits per heavy atom. The second kappa shape index (κ2) is 5.58. The number of benzene rings is 1. The van der Waals surface area contributed by atoms with Crippen molar-refractivity contribution in [2.75, 3.05) is 0 Å². The molecule has 23 heavy (non-hydrogen) atoms. The zero-order chi connectivity index (χ0) is 16.7. The van der Waals surface area contributed by atoms with Gasteiger partial charge in [-0.25, -0.2) is 0 Å². The summed E-state index contributed by atoms with van der Waals surface area (Å²) in [4.78, 5) is 15.7. The molecule has 0 bridgehead atoms. The van der Waals surface area contributed by atoms with Crippen LogP contribution in [0.5, 0.6) is 0 Å². The lowest BCUT2D eigenvalue weighted by Crippen LogP contribution is -2.41. The predicted molar refractivity (Wildman–Crippen MR) is 90.8 cm³/mol. The lowest BCUT2D eigenvalue weighted by molar-refractivity contribution is 0.00578. The summed E-state index contributed by atoms with van der Waals surface area (Å²) in [5.74, 6) is 0. The van der Waals surface area contributed by atoms with Gasteiger partial charge < -0.3 is 9.31 Å². The van der Waals surface area contributed by atoms with Crippen molar-refractivity contribution in [1.29, 1.82) is 0 Å². The van der Waals surface area contributed by atoms with Crippen LogP contribution in [0.1, 0.15) is 38.1 Å². The van der Waals surface area contributed by atoms with Gasteiger partial charge in [-0.2, -0.15) is 0 Å². The van der Waals surface area contributed by atoms with Gasteiger partial charge in [0.25, 0.3) is 0 Å². The third-order valence-electron chi connectivity index (χ3n) is 4.72. The maximum Gasteiger partial charge on any atom is 0.495 e. The van der Waals surface area contributed by atoms with Gasteiger partial charge >= 0.3 is 7.12 Å². The van der Waals surface area contributed by atoms with E-state index < -0.39 is 18.3 Å². The van der Waals surface area contributed by atoms with Crippen LogP contribution in [-0.2, 0) is 9.31 Å². The molecular formula is C18H20BNO3. The van der Waals surface area contributed by atoms with Crippen LogP contribution in [0.25, 0.3) is 11.1 Å². The van der Waals surface area contributed by atoms with E-state index in [-0.39, 0.29) is 0 Å². The van der Waals surface area contributed by atoms with Gasteiger partial charge in [0.2, 0.25) is 0 Å². The molecular weight excluding hydrogens is 289 g/mol. The number of aromatic nitrogens is 1. The number of rotatable bonds is 3. The smallest absolute Gasteiger partial charge is 0.399 e. The predicted octanol–water partition coefficient (Wildman–Crippen LogP) is 2.86. The molecule has 0 radical (unpaired) electrons. The molecule has 4 nitrogen and oxygen atoms in total. The summed E-state index contributed by atoms with van der Waals surface area (Å²) in [6.07, 6.45) is 4.35.